The van der Waals surface area contributed by atoms with E-state index in [1.54, 1.807) is 0 Å². The molecule has 0 unspecified atom stereocenters. The number of sulfonamides is 1. The number of benzene rings is 1. The maximum absolute atomic E-state index is 14.2. The maximum Gasteiger partial charge on any atom is 0.417 e. The van der Waals surface area contributed by atoms with E-state index in [1.807, 2.05) is 25.5 Å². The normalized spacial score (nSPS) is 16.7. The van der Waals surface area contributed by atoms with Crippen LogP contribution in [0.25, 0.3) is 22.3 Å². The Hall–Kier alpha value is -2.60. The molecule has 0 spiro atoms. The van der Waals surface area contributed by atoms with Crippen molar-refractivity contribution >= 4 is 21.1 Å². The molecule has 3 aromatic rings. The molecule has 1 aromatic carbocycles. The number of pyridine rings is 1. The van der Waals surface area contributed by atoms with E-state index in [4.69, 9.17) is 0 Å². The minimum Gasteiger partial charge on any atom is -0.332 e. The van der Waals surface area contributed by atoms with Gasteiger partial charge in [-0.15, -0.1) is 0 Å². The summed E-state index contributed by atoms with van der Waals surface area (Å²) in [6.45, 7) is 5.74. The second kappa shape index (κ2) is 9.30. The number of hydrogen-bond acceptors (Lipinski definition) is 3. The largest absolute Gasteiger partial charge is 0.417 e. The van der Waals surface area contributed by atoms with E-state index in [0.717, 1.165) is 6.07 Å². The monoisotopic (exact) mass is 547 g/mol. The van der Waals surface area contributed by atoms with E-state index < -0.39 is 44.6 Å². The highest BCUT2D eigenvalue weighted by molar-refractivity contribution is 7.90. The van der Waals surface area contributed by atoms with E-state index in [-0.39, 0.29) is 47.2 Å². The average molecular weight is 548 g/mol. The Labute approximate surface area is 210 Å². The number of halogens is 6. The van der Waals surface area contributed by atoms with Gasteiger partial charge in [0, 0.05) is 29.3 Å². The third kappa shape index (κ3) is 5.79. The molecule has 0 radical (unpaired) electrons. The Bertz CT molecular complexity index is 1400. The molecule has 1 aliphatic rings. The predicted octanol–water partition coefficient (Wildman–Crippen LogP) is 6.84. The van der Waals surface area contributed by atoms with Gasteiger partial charge >= 0.3 is 12.4 Å². The minimum atomic E-state index is -4.96. The van der Waals surface area contributed by atoms with Crippen molar-refractivity contribution in [3.05, 3.63) is 53.7 Å². The highest BCUT2D eigenvalue weighted by Crippen LogP contribution is 2.41. The lowest BCUT2D eigenvalue weighted by Gasteiger charge is -2.29. The number of rotatable bonds is 6. The molecule has 1 N–H and O–H groups in total. The second-order valence-corrected chi connectivity index (χ2v) is 12.6. The van der Waals surface area contributed by atoms with Gasteiger partial charge in [-0.05, 0) is 36.5 Å². The molecule has 0 aliphatic heterocycles. The summed E-state index contributed by atoms with van der Waals surface area (Å²) in [4.78, 5) is 4.37. The van der Waals surface area contributed by atoms with E-state index in [9.17, 15) is 34.8 Å². The SMILES string of the molecule is CC(C)(C)Cn1cc([C@H](NS(=O)(=O)C2CCC2)C(F)(F)F)c2ccc(-c3ccccc3C(F)(F)F)nc21. The molecule has 202 valence electrons. The lowest BCUT2D eigenvalue weighted by Crippen LogP contribution is -2.44. The van der Waals surface area contributed by atoms with Crippen LogP contribution in [0, 0.1) is 5.41 Å². The van der Waals surface area contributed by atoms with Crippen molar-refractivity contribution in [1.29, 1.82) is 0 Å². The van der Waals surface area contributed by atoms with Crippen molar-refractivity contribution in [3.63, 3.8) is 0 Å². The smallest absolute Gasteiger partial charge is 0.332 e. The molecule has 1 saturated carbocycles. The van der Waals surface area contributed by atoms with Crippen LogP contribution in [0.2, 0.25) is 0 Å². The Morgan fingerprint density at radius 1 is 1.03 bits per heavy atom. The van der Waals surface area contributed by atoms with Crippen LogP contribution in [0.3, 0.4) is 0 Å². The Morgan fingerprint density at radius 3 is 2.22 bits per heavy atom. The summed E-state index contributed by atoms with van der Waals surface area (Å²) >= 11 is 0. The maximum atomic E-state index is 14.2. The quantitative estimate of drug-likeness (QED) is 0.344. The second-order valence-electron chi connectivity index (χ2n) is 10.6. The number of hydrogen-bond donors (Lipinski definition) is 1. The van der Waals surface area contributed by atoms with E-state index in [2.05, 4.69) is 4.98 Å². The molecule has 1 aliphatic carbocycles. The van der Waals surface area contributed by atoms with Gasteiger partial charge in [-0.25, -0.2) is 13.4 Å². The summed E-state index contributed by atoms with van der Waals surface area (Å²) in [6.07, 6.45) is -7.22. The molecular formula is C25H27F6N3O2S. The highest BCUT2D eigenvalue weighted by Gasteiger charge is 2.47. The van der Waals surface area contributed by atoms with Crippen LogP contribution in [-0.4, -0.2) is 29.4 Å². The molecule has 0 bridgehead atoms. The van der Waals surface area contributed by atoms with Gasteiger partial charge in [0.25, 0.3) is 0 Å². The molecule has 2 aromatic heterocycles. The minimum absolute atomic E-state index is 0.0103. The first kappa shape index (κ1) is 27.4. The van der Waals surface area contributed by atoms with Gasteiger partial charge in [-0.2, -0.15) is 31.1 Å². The van der Waals surface area contributed by atoms with Crippen molar-refractivity contribution in [2.45, 2.75) is 70.2 Å². The summed E-state index contributed by atoms with van der Waals surface area (Å²) in [6, 6.07) is 4.80. The lowest BCUT2D eigenvalue weighted by atomic mass is 9.97. The molecule has 0 amide bonds. The van der Waals surface area contributed by atoms with Gasteiger partial charge in [0.05, 0.1) is 16.5 Å². The number of fused-ring (bicyclic) bond motifs is 1. The first-order chi connectivity index (χ1) is 17.0. The number of nitrogens with zero attached hydrogens (tertiary/aromatic N) is 2. The van der Waals surface area contributed by atoms with Crippen molar-refractivity contribution in [1.82, 2.24) is 14.3 Å². The van der Waals surface area contributed by atoms with E-state index in [0.29, 0.717) is 6.42 Å². The third-order valence-corrected chi connectivity index (χ3v) is 8.23. The zero-order valence-electron chi connectivity index (χ0n) is 20.4. The third-order valence-electron chi connectivity index (χ3n) is 6.32. The fourth-order valence-corrected chi connectivity index (χ4v) is 6.14. The van der Waals surface area contributed by atoms with Crippen LogP contribution in [0.4, 0.5) is 26.3 Å². The van der Waals surface area contributed by atoms with E-state index >= 15 is 0 Å². The van der Waals surface area contributed by atoms with Gasteiger partial charge in [0.1, 0.15) is 11.7 Å². The zero-order valence-corrected chi connectivity index (χ0v) is 21.2. The van der Waals surface area contributed by atoms with Gasteiger partial charge in [0.2, 0.25) is 10.0 Å². The predicted molar refractivity (Wildman–Crippen MR) is 128 cm³/mol. The van der Waals surface area contributed by atoms with Crippen LogP contribution in [0.5, 0.6) is 0 Å². The standard InChI is InChI=1S/C25H27F6N3O2S/c1-23(2,3)14-34-13-18(21(25(29,30)31)33-37(35,36)15-7-6-8-15)16-11-12-20(32-22(16)34)17-9-4-5-10-19(17)24(26,27)28/h4-5,9-13,15,21,33H,6-8,14H2,1-3H3/t21-/m0/s1. The van der Waals surface area contributed by atoms with Crippen molar-refractivity contribution < 1.29 is 34.8 Å². The lowest BCUT2D eigenvalue weighted by molar-refractivity contribution is -0.152. The van der Waals surface area contributed by atoms with Crippen LogP contribution in [-0.2, 0) is 22.7 Å². The van der Waals surface area contributed by atoms with Crippen LogP contribution in [0.15, 0.2) is 42.6 Å². The molecule has 1 fully saturated rings. The summed E-state index contributed by atoms with van der Waals surface area (Å²) in [5.74, 6) is 0. The van der Waals surface area contributed by atoms with Gasteiger partial charge < -0.3 is 4.57 Å². The first-order valence-electron chi connectivity index (χ1n) is 11.7. The van der Waals surface area contributed by atoms with Crippen molar-refractivity contribution in [2.24, 2.45) is 5.41 Å². The number of nitrogens with one attached hydrogen (secondary N) is 1. The topological polar surface area (TPSA) is 64.0 Å². The molecule has 1 atom stereocenters. The fourth-order valence-electron chi connectivity index (χ4n) is 4.40. The number of alkyl halides is 6. The Balaban J connectivity index is 1.90. The van der Waals surface area contributed by atoms with Crippen LogP contribution in [0.1, 0.15) is 57.2 Å². The summed E-state index contributed by atoms with van der Waals surface area (Å²) < 4.78 is 112. The average Bonchev–Trinajstić information content (AvgIpc) is 3.04. The molecule has 37 heavy (non-hydrogen) atoms. The molecule has 4 rings (SSSR count). The highest BCUT2D eigenvalue weighted by atomic mass is 32.2. The first-order valence-corrected chi connectivity index (χ1v) is 13.3. The summed E-state index contributed by atoms with van der Waals surface area (Å²) in [5, 5.41) is -0.875. The van der Waals surface area contributed by atoms with E-state index in [1.165, 1.54) is 41.1 Å². The van der Waals surface area contributed by atoms with Crippen LogP contribution >= 0.6 is 0 Å². The zero-order chi connectivity index (χ0) is 27.4. The van der Waals surface area contributed by atoms with Gasteiger partial charge in [-0.1, -0.05) is 45.4 Å². The van der Waals surface area contributed by atoms with Crippen molar-refractivity contribution in [3.8, 4) is 11.3 Å². The molecule has 12 heteroatoms. The Morgan fingerprint density at radius 2 is 1.68 bits per heavy atom. The van der Waals surface area contributed by atoms with Crippen LogP contribution < -0.4 is 4.72 Å². The molecular weight excluding hydrogens is 520 g/mol. The van der Waals surface area contributed by atoms with Gasteiger partial charge in [0.15, 0.2) is 0 Å². The molecule has 5 nitrogen and oxygen atoms in total. The summed E-state index contributed by atoms with van der Waals surface area (Å²) in [5.41, 5.74) is -1.92. The fraction of sp³-hybridized carbons (Fsp3) is 0.480. The van der Waals surface area contributed by atoms with Gasteiger partial charge in [-0.3, -0.25) is 0 Å². The summed E-state index contributed by atoms with van der Waals surface area (Å²) in [7, 11) is -4.25. The number of aromatic nitrogens is 2. The molecule has 0 saturated heterocycles. The molecule has 2 heterocycles. The Kier molecular flexibility index (Phi) is 6.90. The van der Waals surface area contributed by atoms with Crippen molar-refractivity contribution in [2.75, 3.05) is 0 Å².